The van der Waals surface area contributed by atoms with E-state index in [4.69, 9.17) is 4.55 Å². The Labute approximate surface area is 168 Å². The Morgan fingerprint density at radius 2 is 1.41 bits per heavy atom. The van der Waals surface area contributed by atoms with Crippen molar-refractivity contribution in [2.24, 2.45) is 10.2 Å². The third-order valence-electron chi connectivity index (χ3n) is 4.35. The minimum Gasteiger partial charge on any atom is -0.354 e. The van der Waals surface area contributed by atoms with Gasteiger partial charge in [0.15, 0.2) is 0 Å². The van der Waals surface area contributed by atoms with Gasteiger partial charge in [-0.15, -0.1) is 5.11 Å². The van der Waals surface area contributed by atoms with Crippen molar-refractivity contribution < 1.29 is 13.0 Å². The number of anilines is 2. The van der Waals surface area contributed by atoms with Gasteiger partial charge in [0.1, 0.15) is 5.69 Å². The summed E-state index contributed by atoms with van der Waals surface area (Å²) < 4.78 is 31.5. The van der Waals surface area contributed by atoms with Gasteiger partial charge in [-0.05, 0) is 47.9 Å². The van der Waals surface area contributed by atoms with Gasteiger partial charge < -0.3 is 5.32 Å². The summed E-state index contributed by atoms with van der Waals surface area (Å²) in [6, 6.07) is 27.2. The molecule has 0 unspecified atom stereocenters. The van der Waals surface area contributed by atoms with E-state index in [1.807, 2.05) is 66.7 Å². The topological polar surface area (TPSA) is 91.1 Å². The van der Waals surface area contributed by atoms with Crippen molar-refractivity contribution >= 4 is 43.6 Å². The van der Waals surface area contributed by atoms with E-state index in [-0.39, 0.29) is 4.90 Å². The molecule has 6 nitrogen and oxygen atoms in total. The first kappa shape index (κ1) is 18.8. The highest BCUT2D eigenvalue weighted by atomic mass is 32.2. The Morgan fingerprint density at radius 1 is 0.724 bits per heavy atom. The van der Waals surface area contributed by atoms with Crippen LogP contribution in [0.15, 0.2) is 106 Å². The molecule has 7 heteroatoms. The van der Waals surface area contributed by atoms with Crippen molar-refractivity contribution in [2.45, 2.75) is 4.90 Å². The van der Waals surface area contributed by atoms with Crippen molar-refractivity contribution in [3.8, 4) is 0 Å². The van der Waals surface area contributed by atoms with Gasteiger partial charge in [0.25, 0.3) is 10.1 Å². The molecule has 0 aliphatic carbocycles. The lowest BCUT2D eigenvalue weighted by Crippen LogP contribution is -1.96. The highest BCUT2D eigenvalue weighted by Crippen LogP contribution is 2.37. The predicted octanol–water partition coefficient (Wildman–Crippen LogP) is 6.25. The number of fused-ring (bicyclic) bond motifs is 1. The van der Waals surface area contributed by atoms with Crippen LogP contribution in [-0.2, 0) is 10.1 Å². The molecule has 4 aromatic rings. The zero-order valence-electron chi connectivity index (χ0n) is 15.2. The number of azo groups is 1. The first-order valence-electron chi connectivity index (χ1n) is 8.84. The molecular formula is C22H17N3O3S. The summed E-state index contributed by atoms with van der Waals surface area (Å²) in [4.78, 5) is -0.187. The highest BCUT2D eigenvalue weighted by Gasteiger charge is 2.10. The van der Waals surface area contributed by atoms with Crippen molar-refractivity contribution in [3.63, 3.8) is 0 Å². The summed E-state index contributed by atoms with van der Waals surface area (Å²) in [5.41, 5.74) is 2.87. The smallest absolute Gasteiger partial charge is 0.294 e. The lowest BCUT2D eigenvalue weighted by molar-refractivity contribution is 0.483. The Morgan fingerprint density at radius 3 is 2.14 bits per heavy atom. The molecule has 4 aromatic carbocycles. The van der Waals surface area contributed by atoms with E-state index in [1.165, 1.54) is 24.3 Å². The van der Waals surface area contributed by atoms with Crippen LogP contribution in [0.2, 0.25) is 0 Å². The molecule has 4 rings (SSSR count). The number of hydrogen-bond donors (Lipinski definition) is 2. The summed E-state index contributed by atoms with van der Waals surface area (Å²) >= 11 is 0. The maximum absolute atomic E-state index is 11.2. The summed E-state index contributed by atoms with van der Waals surface area (Å²) in [5.74, 6) is 0. The van der Waals surface area contributed by atoms with Crippen LogP contribution in [0.5, 0.6) is 0 Å². The Hall–Kier alpha value is -3.55. The molecule has 0 radical (unpaired) electrons. The molecule has 0 aliphatic rings. The van der Waals surface area contributed by atoms with Crippen LogP contribution in [-0.4, -0.2) is 13.0 Å². The SMILES string of the molecule is O=S(=O)(O)c1ccc(N=Nc2c(Nc3ccccc3)ccc3ccccc23)cc1. The number of nitrogens with zero attached hydrogens (tertiary/aromatic N) is 2. The van der Waals surface area contributed by atoms with Crippen LogP contribution in [0.25, 0.3) is 10.8 Å². The lowest BCUT2D eigenvalue weighted by Gasteiger charge is -2.11. The third-order valence-corrected chi connectivity index (χ3v) is 5.22. The molecule has 0 aliphatic heterocycles. The highest BCUT2D eigenvalue weighted by molar-refractivity contribution is 7.85. The van der Waals surface area contributed by atoms with Gasteiger partial charge in [-0.2, -0.15) is 13.5 Å². The van der Waals surface area contributed by atoms with Gasteiger partial charge in [-0.25, -0.2) is 0 Å². The molecule has 29 heavy (non-hydrogen) atoms. The molecule has 0 fully saturated rings. The largest absolute Gasteiger partial charge is 0.354 e. The van der Waals surface area contributed by atoms with E-state index in [0.29, 0.717) is 11.4 Å². The van der Waals surface area contributed by atoms with Crippen molar-refractivity contribution in [2.75, 3.05) is 5.32 Å². The first-order valence-corrected chi connectivity index (χ1v) is 10.3. The molecule has 0 spiro atoms. The van der Waals surface area contributed by atoms with E-state index < -0.39 is 10.1 Å². The maximum Gasteiger partial charge on any atom is 0.294 e. The van der Waals surface area contributed by atoms with E-state index in [2.05, 4.69) is 15.5 Å². The maximum atomic E-state index is 11.2. The molecular weight excluding hydrogens is 386 g/mol. The quantitative estimate of drug-likeness (QED) is 0.304. The predicted molar refractivity (Wildman–Crippen MR) is 114 cm³/mol. The van der Waals surface area contributed by atoms with Crippen LogP contribution in [0.1, 0.15) is 0 Å². The summed E-state index contributed by atoms with van der Waals surface area (Å²) in [5, 5.41) is 14.0. The molecule has 0 atom stereocenters. The van der Waals surface area contributed by atoms with Crippen LogP contribution >= 0.6 is 0 Å². The van der Waals surface area contributed by atoms with E-state index in [1.54, 1.807) is 0 Å². The van der Waals surface area contributed by atoms with Crippen LogP contribution in [0.4, 0.5) is 22.7 Å². The molecule has 0 aromatic heterocycles. The van der Waals surface area contributed by atoms with Crippen molar-refractivity contribution in [3.05, 3.63) is 91.0 Å². The van der Waals surface area contributed by atoms with Crippen LogP contribution < -0.4 is 5.32 Å². The second-order valence-electron chi connectivity index (χ2n) is 6.34. The molecule has 2 N–H and O–H groups in total. The summed E-state index contributed by atoms with van der Waals surface area (Å²) in [7, 11) is -4.24. The van der Waals surface area contributed by atoms with E-state index in [9.17, 15) is 8.42 Å². The zero-order valence-corrected chi connectivity index (χ0v) is 16.0. The first-order chi connectivity index (χ1) is 14.0. The Balaban J connectivity index is 1.74. The second kappa shape index (κ2) is 7.83. The van der Waals surface area contributed by atoms with Gasteiger partial charge in [0.05, 0.1) is 16.3 Å². The monoisotopic (exact) mass is 403 g/mol. The van der Waals surface area contributed by atoms with Crippen molar-refractivity contribution in [1.29, 1.82) is 0 Å². The molecule has 0 bridgehead atoms. The number of benzene rings is 4. The summed E-state index contributed by atoms with van der Waals surface area (Å²) in [6.07, 6.45) is 0. The average Bonchev–Trinajstić information content (AvgIpc) is 2.73. The van der Waals surface area contributed by atoms with Gasteiger partial charge in [-0.3, -0.25) is 4.55 Å². The number of para-hydroxylation sites is 1. The molecule has 144 valence electrons. The minimum absolute atomic E-state index is 0.187. The Kier molecular flexibility index (Phi) is 5.07. The van der Waals surface area contributed by atoms with Gasteiger partial charge in [0.2, 0.25) is 0 Å². The fraction of sp³-hybridized carbons (Fsp3) is 0. The third kappa shape index (κ3) is 4.31. The fourth-order valence-electron chi connectivity index (χ4n) is 2.93. The molecule has 0 saturated carbocycles. The number of nitrogens with one attached hydrogen (secondary N) is 1. The van der Waals surface area contributed by atoms with Crippen LogP contribution in [0, 0.1) is 0 Å². The Bertz CT molecular complexity index is 1290. The molecule has 0 heterocycles. The molecule has 0 amide bonds. The number of rotatable bonds is 5. The van der Waals surface area contributed by atoms with Gasteiger partial charge >= 0.3 is 0 Å². The van der Waals surface area contributed by atoms with E-state index >= 15 is 0 Å². The standard InChI is InChI=1S/C22H17N3O3S/c26-29(27,28)19-13-11-18(12-14-19)24-25-22-20-9-5-4-6-16(20)10-15-21(22)23-17-7-2-1-3-8-17/h1-15,23H,(H,26,27,28). The molecule has 0 saturated heterocycles. The van der Waals surface area contributed by atoms with E-state index in [0.717, 1.165) is 22.1 Å². The lowest BCUT2D eigenvalue weighted by atomic mass is 10.1. The van der Waals surface area contributed by atoms with Gasteiger partial charge in [0, 0.05) is 11.1 Å². The zero-order chi connectivity index (χ0) is 20.3. The number of hydrogen-bond acceptors (Lipinski definition) is 5. The van der Waals surface area contributed by atoms with Gasteiger partial charge in [-0.1, -0.05) is 48.5 Å². The second-order valence-corrected chi connectivity index (χ2v) is 7.76. The normalized spacial score (nSPS) is 11.8. The fourth-order valence-corrected chi connectivity index (χ4v) is 3.41. The minimum atomic E-state index is -4.24. The average molecular weight is 403 g/mol. The van der Waals surface area contributed by atoms with Crippen LogP contribution in [0.3, 0.4) is 0 Å². The summed E-state index contributed by atoms with van der Waals surface area (Å²) in [6.45, 7) is 0. The van der Waals surface area contributed by atoms with Crippen molar-refractivity contribution in [1.82, 2.24) is 0 Å².